The van der Waals surface area contributed by atoms with Crippen LogP contribution in [-0.4, -0.2) is 33.5 Å². The van der Waals surface area contributed by atoms with Gasteiger partial charge < -0.3 is 0 Å². The fraction of sp³-hybridized carbons (Fsp3) is 0.448. The summed E-state index contributed by atoms with van der Waals surface area (Å²) in [6.45, 7) is 0. The van der Waals surface area contributed by atoms with Crippen LogP contribution in [0.1, 0.15) is 38.5 Å². The molecule has 1 aromatic carbocycles. The minimum absolute atomic E-state index is 0.500. The van der Waals surface area contributed by atoms with Gasteiger partial charge >= 0.3 is 0 Å². The van der Waals surface area contributed by atoms with Gasteiger partial charge in [0.15, 0.2) is 0 Å². The van der Waals surface area contributed by atoms with Crippen LogP contribution in [0.4, 0.5) is 4.39 Å². The van der Waals surface area contributed by atoms with Gasteiger partial charge in [0, 0.05) is 29.9 Å². The molecule has 0 radical (unpaired) electrons. The molecule has 0 amide bonds. The minimum Gasteiger partial charge on any atom is -0.265 e. The lowest BCUT2D eigenvalue weighted by molar-refractivity contribution is 0.0377. The summed E-state index contributed by atoms with van der Waals surface area (Å²) in [5.74, 6) is 3.40. The van der Waals surface area contributed by atoms with Gasteiger partial charge in [-0.3, -0.25) is 14.4 Å². The van der Waals surface area contributed by atoms with Crippen LogP contribution in [0.25, 0.3) is 0 Å². The van der Waals surface area contributed by atoms with Crippen molar-refractivity contribution < 1.29 is 4.39 Å². The molecule has 2 aromatic heterocycles. The van der Waals surface area contributed by atoms with Crippen LogP contribution in [0.15, 0.2) is 97.6 Å². The van der Waals surface area contributed by atoms with Crippen molar-refractivity contribution in [3.8, 4) is 0 Å². The molecule has 2 nitrogen and oxygen atoms in total. The first-order valence-corrected chi connectivity index (χ1v) is 20.0. The summed E-state index contributed by atoms with van der Waals surface area (Å²) >= 11 is 4.80. The smallest absolute Gasteiger partial charge is 0.0785 e. The SMILES string of the molecule is CI.CS(I)=PC12CC3CC(CC(C3)C1)C2.C[18F].c1ccccc1.c1ccncc1.c1ccncc1. The van der Waals surface area contributed by atoms with Crippen molar-refractivity contribution in [1.29, 1.82) is 0 Å². The zero-order valence-electron chi connectivity index (χ0n) is 21.6. The first-order valence-electron chi connectivity index (χ1n) is 12.2. The molecule has 7 heteroatoms. The van der Waals surface area contributed by atoms with Crippen LogP contribution in [0.5, 0.6) is 0 Å². The predicted octanol–water partition coefficient (Wildman–Crippen LogP) is 9.90. The zero-order valence-corrected chi connectivity index (χ0v) is 27.6. The van der Waals surface area contributed by atoms with Crippen LogP contribution in [0.3, 0.4) is 0 Å². The molecule has 7 rings (SSSR count). The van der Waals surface area contributed by atoms with E-state index in [1.807, 2.05) is 77.7 Å². The van der Waals surface area contributed by atoms with Gasteiger partial charge in [-0.25, -0.2) is 0 Å². The Morgan fingerprint density at radius 3 is 1.11 bits per heavy atom. The number of alkyl halides is 2. The van der Waals surface area contributed by atoms with Crippen molar-refractivity contribution in [3.05, 3.63) is 97.6 Å². The maximum absolute atomic E-state index is 9.50. The van der Waals surface area contributed by atoms with E-state index >= 15 is 0 Å². The zero-order chi connectivity index (χ0) is 26.5. The highest BCUT2D eigenvalue weighted by molar-refractivity contribution is 14.2. The van der Waals surface area contributed by atoms with Crippen LogP contribution in [0, 0.1) is 17.8 Å². The second kappa shape index (κ2) is 21.5. The summed E-state index contributed by atoms with van der Waals surface area (Å²) in [6, 6.07) is 23.4. The van der Waals surface area contributed by atoms with Gasteiger partial charge in [0.05, 0.1) is 7.18 Å². The lowest BCUT2D eigenvalue weighted by atomic mass is 9.56. The van der Waals surface area contributed by atoms with Gasteiger partial charge in [-0.2, -0.15) is 0 Å². The van der Waals surface area contributed by atoms with Gasteiger partial charge in [-0.05, 0) is 113 Å². The summed E-state index contributed by atoms with van der Waals surface area (Å²) in [6.07, 6.45) is 18.9. The summed E-state index contributed by atoms with van der Waals surface area (Å²) in [5.41, 5.74) is 0. The Hall–Kier alpha value is -0.440. The normalized spacial score (nSPS) is 24.8. The molecule has 2 heterocycles. The predicted molar refractivity (Wildman–Crippen MR) is 177 cm³/mol. The number of hydrogen-bond acceptors (Lipinski definition) is 2. The number of aromatic nitrogens is 2. The molecule has 4 fully saturated rings. The second-order valence-electron chi connectivity index (χ2n) is 8.84. The third-order valence-corrected chi connectivity index (χ3v) is 11.0. The topological polar surface area (TPSA) is 25.8 Å². The minimum atomic E-state index is 0.500. The first kappa shape index (κ1) is 33.6. The quantitative estimate of drug-likeness (QED) is 0.141. The van der Waals surface area contributed by atoms with Gasteiger partial charge in [0.1, 0.15) is 0 Å². The number of halogens is 3. The van der Waals surface area contributed by atoms with Crippen LogP contribution < -0.4 is 0 Å². The lowest BCUT2D eigenvalue weighted by Gasteiger charge is -2.55. The van der Waals surface area contributed by atoms with Crippen molar-refractivity contribution in [3.63, 3.8) is 0 Å². The molecule has 4 saturated carbocycles. The van der Waals surface area contributed by atoms with Gasteiger partial charge in [-0.15, -0.1) is 7.24 Å². The first-order chi connectivity index (χ1) is 17.7. The molecule has 36 heavy (non-hydrogen) atoms. The summed E-state index contributed by atoms with van der Waals surface area (Å²) < 4.78 is 9.50. The molecule has 0 saturated heterocycles. The Bertz CT molecular complexity index is 711. The average Bonchev–Trinajstić information content (AvgIpc) is 2.93. The second-order valence-corrected chi connectivity index (χ2v) is 19.0. The third kappa shape index (κ3) is 14.5. The third-order valence-electron chi connectivity index (χ3n) is 6.12. The highest BCUT2D eigenvalue weighted by atomic mass is 127. The average molecular weight is 752 g/mol. The number of pyridine rings is 2. The van der Waals surface area contributed by atoms with Gasteiger partial charge in [-0.1, -0.05) is 78.5 Å². The molecule has 0 N–H and O–H groups in total. The van der Waals surface area contributed by atoms with Crippen LogP contribution >= 0.6 is 51.2 Å². The molecule has 198 valence electrons. The maximum atomic E-state index is 9.50. The van der Waals surface area contributed by atoms with E-state index in [1.165, 1.54) is 0 Å². The maximum Gasteiger partial charge on any atom is 0.0785 e. The van der Waals surface area contributed by atoms with Crippen molar-refractivity contribution in [1.82, 2.24) is 9.97 Å². The van der Waals surface area contributed by atoms with Crippen LogP contribution in [-0.2, 0) is 7.24 Å². The highest BCUT2D eigenvalue weighted by Gasteiger charge is 2.50. The molecule has 3 aromatic rings. The molecular weight excluding hydrogens is 711 g/mol. The van der Waals surface area contributed by atoms with Crippen molar-refractivity contribution >= 4 is 58.4 Å². The van der Waals surface area contributed by atoms with Crippen molar-refractivity contribution in [2.24, 2.45) is 17.8 Å². The molecule has 4 aliphatic carbocycles. The van der Waals surface area contributed by atoms with E-state index in [9.17, 15) is 4.39 Å². The lowest BCUT2D eigenvalue weighted by Crippen LogP contribution is -2.47. The van der Waals surface area contributed by atoms with E-state index in [0.29, 0.717) is 14.4 Å². The molecule has 4 aliphatic rings. The van der Waals surface area contributed by atoms with E-state index in [0.717, 1.165) is 22.9 Å². The van der Waals surface area contributed by atoms with Gasteiger partial charge in [0.25, 0.3) is 0 Å². The Labute approximate surface area is 248 Å². The van der Waals surface area contributed by atoms with E-state index in [2.05, 4.69) is 60.0 Å². The van der Waals surface area contributed by atoms with Gasteiger partial charge in [0.2, 0.25) is 0 Å². The molecular formula is C29H40FI2N2PS. The molecule has 1 unspecified atom stereocenters. The fourth-order valence-corrected chi connectivity index (χ4v) is 13.0. The van der Waals surface area contributed by atoms with E-state index in [-0.39, 0.29) is 0 Å². The van der Waals surface area contributed by atoms with Crippen molar-refractivity contribution in [2.45, 2.75) is 43.7 Å². The fourth-order valence-electron chi connectivity index (χ4n) is 5.45. The standard InChI is InChI=1S/C11H18IPS.C6H6.2C5H5N.CH3F.CH3I/c1-14(12)13-11-5-8-2-9(6-11)4-10(3-8)7-11;3*1-2-4-6-5-3-1;2*1-2/h8-10H,2-7H2,1H3;1-6H;2*1-5H;2*1H3/i;;;;2-1;. The number of benzene rings is 1. The Kier molecular flexibility index (Phi) is 20.0. The monoisotopic (exact) mass is 751 g/mol. The Morgan fingerprint density at radius 2 is 0.917 bits per heavy atom. The van der Waals surface area contributed by atoms with E-state index < -0.39 is 0 Å². The highest BCUT2D eigenvalue weighted by Crippen LogP contribution is 2.61. The Morgan fingerprint density at radius 1 is 0.639 bits per heavy atom. The number of hydrogen-bond donors (Lipinski definition) is 0. The summed E-state index contributed by atoms with van der Waals surface area (Å²) in [7, 11) is 2.92. The molecule has 1 atom stereocenters. The van der Waals surface area contributed by atoms with Crippen LogP contribution in [0.2, 0.25) is 0 Å². The Balaban J connectivity index is 0.000000249. The van der Waals surface area contributed by atoms with E-state index in [1.54, 1.807) is 70.7 Å². The van der Waals surface area contributed by atoms with Crippen molar-refractivity contribution in [2.75, 3.05) is 18.4 Å². The number of rotatable bonds is 1. The number of nitrogens with zero attached hydrogens (tertiary/aromatic N) is 2. The molecule has 0 spiro atoms. The molecule has 0 aliphatic heterocycles. The molecule has 4 bridgehead atoms. The summed E-state index contributed by atoms with van der Waals surface area (Å²) in [5, 5.41) is 0.799. The summed E-state index contributed by atoms with van der Waals surface area (Å²) in [4.78, 5) is 9.54. The largest absolute Gasteiger partial charge is 0.265 e. The van der Waals surface area contributed by atoms with E-state index in [4.69, 9.17) is 0 Å².